The highest BCUT2D eigenvalue weighted by Gasteiger charge is 2.07. The predicted octanol–water partition coefficient (Wildman–Crippen LogP) is 1.99. The van der Waals surface area contributed by atoms with Crippen LogP contribution in [-0.2, 0) is 14.8 Å². The molecule has 0 saturated carbocycles. The SMILES string of the molecule is NS(=O)(=O)c1ccc(NC(=O)/C=C/c2ccccc2)cc1. The van der Waals surface area contributed by atoms with Crippen LogP contribution in [0.25, 0.3) is 6.08 Å². The predicted molar refractivity (Wildman–Crippen MR) is 81.9 cm³/mol. The van der Waals surface area contributed by atoms with E-state index in [0.717, 1.165) is 5.56 Å². The molecule has 108 valence electrons. The fourth-order valence-corrected chi connectivity index (χ4v) is 2.16. The highest BCUT2D eigenvalue weighted by Crippen LogP contribution is 2.12. The van der Waals surface area contributed by atoms with E-state index in [9.17, 15) is 13.2 Å². The van der Waals surface area contributed by atoms with E-state index >= 15 is 0 Å². The molecule has 5 nitrogen and oxygen atoms in total. The lowest BCUT2D eigenvalue weighted by atomic mass is 10.2. The van der Waals surface area contributed by atoms with E-state index in [1.54, 1.807) is 6.08 Å². The van der Waals surface area contributed by atoms with Gasteiger partial charge in [0.2, 0.25) is 15.9 Å². The van der Waals surface area contributed by atoms with Gasteiger partial charge in [0.15, 0.2) is 0 Å². The molecule has 2 rings (SSSR count). The molecule has 21 heavy (non-hydrogen) atoms. The summed E-state index contributed by atoms with van der Waals surface area (Å²) in [4.78, 5) is 11.7. The molecule has 6 heteroatoms. The standard InChI is InChI=1S/C15H14N2O3S/c16-21(19,20)14-9-7-13(8-10-14)17-15(18)11-6-12-4-2-1-3-5-12/h1-11H,(H,17,18)(H2,16,19,20)/b11-6+. The summed E-state index contributed by atoms with van der Waals surface area (Å²) in [7, 11) is -3.72. The molecule has 3 N–H and O–H groups in total. The van der Waals surface area contributed by atoms with Crippen molar-refractivity contribution in [3.63, 3.8) is 0 Å². The number of hydrogen-bond donors (Lipinski definition) is 2. The topological polar surface area (TPSA) is 89.3 Å². The zero-order valence-corrected chi connectivity index (χ0v) is 11.9. The van der Waals surface area contributed by atoms with E-state index in [1.165, 1.54) is 30.3 Å². The molecule has 0 aliphatic heterocycles. The number of anilines is 1. The van der Waals surface area contributed by atoms with Crippen molar-refractivity contribution in [2.24, 2.45) is 5.14 Å². The Balaban J connectivity index is 2.02. The summed E-state index contributed by atoms with van der Waals surface area (Å²) in [6.07, 6.45) is 3.09. The van der Waals surface area contributed by atoms with Gasteiger partial charge in [-0.2, -0.15) is 0 Å². The van der Waals surface area contributed by atoms with Crippen LogP contribution in [0.15, 0.2) is 65.6 Å². The van der Waals surface area contributed by atoms with Gasteiger partial charge in [-0.25, -0.2) is 13.6 Å². The Kier molecular flexibility index (Phi) is 4.52. The number of benzene rings is 2. The summed E-state index contributed by atoms with van der Waals surface area (Å²) in [6.45, 7) is 0. The van der Waals surface area contributed by atoms with E-state index in [0.29, 0.717) is 5.69 Å². The zero-order valence-electron chi connectivity index (χ0n) is 11.1. The van der Waals surface area contributed by atoms with Crippen molar-refractivity contribution in [1.82, 2.24) is 0 Å². The van der Waals surface area contributed by atoms with Crippen molar-refractivity contribution in [3.05, 3.63) is 66.2 Å². The van der Waals surface area contributed by atoms with Crippen LogP contribution in [0.4, 0.5) is 5.69 Å². The molecule has 0 heterocycles. The number of sulfonamides is 1. The number of rotatable bonds is 4. The van der Waals surface area contributed by atoms with Gasteiger partial charge in [0.1, 0.15) is 0 Å². The first-order valence-corrected chi connectivity index (χ1v) is 7.67. The molecule has 0 radical (unpaired) electrons. The van der Waals surface area contributed by atoms with Crippen LogP contribution in [0.5, 0.6) is 0 Å². The Labute approximate surface area is 123 Å². The second kappa shape index (κ2) is 6.34. The van der Waals surface area contributed by atoms with Crippen molar-refractivity contribution < 1.29 is 13.2 Å². The Hall–Kier alpha value is -2.44. The van der Waals surface area contributed by atoms with E-state index in [4.69, 9.17) is 5.14 Å². The van der Waals surface area contributed by atoms with Gasteiger partial charge in [0.05, 0.1) is 4.90 Å². The molecule has 2 aromatic carbocycles. The number of carbonyl (C=O) groups excluding carboxylic acids is 1. The minimum absolute atomic E-state index is 0.000302. The van der Waals surface area contributed by atoms with Crippen LogP contribution in [0, 0.1) is 0 Å². The molecule has 2 aromatic rings. The number of amides is 1. The Morgan fingerprint density at radius 1 is 1.00 bits per heavy atom. The molecule has 0 aliphatic rings. The number of hydrogen-bond acceptors (Lipinski definition) is 3. The Morgan fingerprint density at radius 2 is 1.62 bits per heavy atom. The quantitative estimate of drug-likeness (QED) is 0.846. The van der Waals surface area contributed by atoms with Gasteiger partial charge in [0.25, 0.3) is 0 Å². The number of carbonyl (C=O) groups is 1. The highest BCUT2D eigenvalue weighted by atomic mass is 32.2. The molecule has 0 bridgehead atoms. The zero-order chi connectivity index (χ0) is 15.3. The largest absolute Gasteiger partial charge is 0.323 e. The van der Waals surface area contributed by atoms with Crippen molar-refractivity contribution in [3.8, 4) is 0 Å². The second-order valence-corrected chi connectivity index (χ2v) is 5.86. The first-order chi connectivity index (χ1) is 9.95. The van der Waals surface area contributed by atoms with Crippen LogP contribution >= 0.6 is 0 Å². The van der Waals surface area contributed by atoms with Crippen LogP contribution < -0.4 is 10.5 Å². The average molecular weight is 302 g/mol. The van der Waals surface area contributed by atoms with Gasteiger partial charge < -0.3 is 5.32 Å². The van der Waals surface area contributed by atoms with Crippen molar-refractivity contribution in [1.29, 1.82) is 0 Å². The second-order valence-electron chi connectivity index (χ2n) is 4.30. The third kappa shape index (κ3) is 4.55. The van der Waals surface area contributed by atoms with Crippen LogP contribution in [0.1, 0.15) is 5.56 Å². The number of nitrogens with one attached hydrogen (secondary N) is 1. The fourth-order valence-electron chi connectivity index (χ4n) is 1.65. The van der Waals surface area contributed by atoms with Gasteiger partial charge in [-0.1, -0.05) is 30.3 Å². The Bertz CT molecular complexity index is 751. The van der Waals surface area contributed by atoms with E-state index in [2.05, 4.69) is 5.32 Å². The molecule has 0 saturated heterocycles. The van der Waals surface area contributed by atoms with Crippen LogP contribution in [0.2, 0.25) is 0 Å². The molecule has 1 amide bonds. The summed E-state index contributed by atoms with van der Waals surface area (Å²) >= 11 is 0. The first-order valence-electron chi connectivity index (χ1n) is 6.12. The lowest BCUT2D eigenvalue weighted by Gasteiger charge is -2.03. The summed E-state index contributed by atoms with van der Waals surface area (Å²) < 4.78 is 22.2. The maximum atomic E-state index is 11.7. The highest BCUT2D eigenvalue weighted by molar-refractivity contribution is 7.89. The molecular formula is C15H14N2O3S. The van der Waals surface area contributed by atoms with E-state index in [1.807, 2.05) is 30.3 Å². The molecule has 0 spiro atoms. The van der Waals surface area contributed by atoms with E-state index in [-0.39, 0.29) is 10.8 Å². The molecule has 0 fully saturated rings. The lowest BCUT2D eigenvalue weighted by Crippen LogP contribution is -2.12. The molecule has 0 aliphatic carbocycles. The summed E-state index contributed by atoms with van der Waals surface area (Å²) in [5, 5.41) is 7.62. The first kappa shape index (κ1) is 15.0. The summed E-state index contributed by atoms with van der Waals surface area (Å²) in [5.74, 6) is -0.304. The van der Waals surface area contributed by atoms with Crippen molar-refractivity contribution in [2.75, 3.05) is 5.32 Å². The Morgan fingerprint density at radius 3 is 2.19 bits per heavy atom. The van der Waals surface area contributed by atoms with Gasteiger partial charge >= 0.3 is 0 Å². The van der Waals surface area contributed by atoms with Crippen molar-refractivity contribution in [2.45, 2.75) is 4.90 Å². The molecule has 0 atom stereocenters. The maximum Gasteiger partial charge on any atom is 0.248 e. The van der Waals surface area contributed by atoms with E-state index < -0.39 is 10.0 Å². The van der Waals surface area contributed by atoms with Crippen molar-refractivity contribution >= 4 is 27.7 Å². The number of nitrogens with two attached hydrogens (primary N) is 1. The summed E-state index contributed by atoms with van der Waals surface area (Å²) in [5.41, 5.74) is 1.40. The van der Waals surface area contributed by atoms with Gasteiger partial charge in [0, 0.05) is 11.8 Å². The van der Waals surface area contributed by atoms with Crippen LogP contribution in [0.3, 0.4) is 0 Å². The molecule has 0 aromatic heterocycles. The van der Waals surface area contributed by atoms with Gasteiger partial charge in [-0.3, -0.25) is 4.79 Å². The number of primary sulfonamides is 1. The van der Waals surface area contributed by atoms with Crippen LogP contribution in [-0.4, -0.2) is 14.3 Å². The maximum absolute atomic E-state index is 11.7. The van der Waals surface area contributed by atoms with Gasteiger partial charge in [-0.05, 0) is 35.9 Å². The smallest absolute Gasteiger partial charge is 0.248 e. The minimum atomic E-state index is -3.72. The van der Waals surface area contributed by atoms with Gasteiger partial charge in [-0.15, -0.1) is 0 Å². The average Bonchev–Trinajstić information content (AvgIpc) is 2.46. The fraction of sp³-hybridized carbons (Fsp3) is 0. The summed E-state index contributed by atoms with van der Waals surface area (Å²) in [6, 6.07) is 15.0. The third-order valence-corrected chi connectivity index (χ3v) is 3.61. The third-order valence-electron chi connectivity index (χ3n) is 2.68. The lowest BCUT2D eigenvalue weighted by molar-refractivity contribution is -0.111. The monoisotopic (exact) mass is 302 g/mol. The normalized spacial score (nSPS) is 11.5. The molecular weight excluding hydrogens is 288 g/mol. The minimum Gasteiger partial charge on any atom is -0.323 e. The molecule has 0 unspecified atom stereocenters.